The molecule has 1 saturated heterocycles. The number of H-pyrrole nitrogens is 1. The van der Waals surface area contributed by atoms with Crippen molar-refractivity contribution >= 4 is 17.8 Å². The number of carbonyl (C=O) groups excluding carboxylic acids is 3. The van der Waals surface area contributed by atoms with Crippen LogP contribution >= 0.6 is 0 Å². The highest BCUT2D eigenvalue weighted by Crippen LogP contribution is 2.23. The number of methoxy groups -OCH3 is 1. The molecular formula is C22H30N4O5. The molecule has 9 heteroatoms. The van der Waals surface area contributed by atoms with Gasteiger partial charge in [0, 0.05) is 30.9 Å². The number of ether oxygens (including phenoxy) is 1. The van der Waals surface area contributed by atoms with Gasteiger partial charge in [-0.05, 0) is 52.5 Å². The summed E-state index contributed by atoms with van der Waals surface area (Å²) in [6, 6.07) is 0. The predicted octanol–water partition coefficient (Wildman–Crippen LogP) is 2.23. The standard InChI is InChI=1S/C22H30N4O5/c1-12-18(22(29)30-5)14(3)24-19(12)21(28)26-10-6-7-16(11-26)20(27)23-9-8-17-13(2)25-31-15(17)4/h16,24H,6-11H2,1-5H3,(H,23,27). The van der Waals surface area contributed by atoms with Gasteiger partial charge >= 0.3 is 5.97 Å². The Labute approximate surface area is 181 Å². The van der Waals surface area contributed by atoms with Crippen LogP contribution in [0.1, 0.15) is 62.0 Å². The number of nitrogens with zero attached hydrogens (tertiary/aromatic N) is 2. The fraction of sp³-hybridized carbons (Fsp3) is 0.545. The maximum Gasteiger partial charge on any atom is 0.339 e. The normalized spacial score (nSPS) is 16.3. The van der Waals surface area contributed by atoms with Crippen LogP contribution in [0.5, 0.6) is 0 Å². The molecule has 2 aromatic heterocycles. The van der Waals surface area contributed by atoms with Gasteiger partial charge in [-0.1, -0.05) is 5.16 Å². The van der Waals surface area contributed by atoms with Gasteiger partial charge in [0.2, 0.25) is 5.91 Å². The Hall–Kier alpha value is -3.10. The summed E-state index contributed by atoms with van der Waals surface area (Å²) in [4.78, 5) is 42.5. The minimum absolute atomic E-state index is 0.0566. The molecule has 2 amide bonds. The van der Waals surface area contributed by atoms with E-state index < -0.39 is 5.97 Å². The lowest BCUT2D eigenvalue weighted by molar-refractivity contribution is -0.126. The van der Waals surface area contributed by atoms with Crippen LogP contribution in [-0.2, 0) is 16.0 Å². The van der Waals surface area contributed by atoms with Crippen molar-refractivity contribution in [1.29, 1.82) is 0 Å². The fourth-order valence-corrected chi connectivity index (χ4v) is 4.22. The van der Waals surface area contributed by atoms with Gasteiger partial charge in [-0.15, -0.1) is 0 Å². The maximum atomic E-state index is 13.1. The van der Waals surface area contributed by atoms with E-state index in [4.69, 9.17) is 9.26 Å². The van der Waals surface area contributed by atoms with Gasteiger partial charge in [-0.3, -0.25) is 9.59 Å². The van der Waals surface area contributed by atoms with Crippen LogP contribution in [0.3, 0.4) is 0 Å². The molecule has 1 fully saturated rings. The molecule has 1 unspecified atom stereocenters. The number of nitrogens with one attached hydrogen (secondary N) is 2. The molecule has 0 aromatic carbocycles. The van der Waals surface area contributed by atoms with E-state index in [9.17, 15) is 14.4 Å². The Morgan fingerprint density at radius 1 is 1.26 bits per heavy atom. The number of rotatable bonds is 6. The van der Waals surface area contributed by atoms with Crippen molar-refractivity contribution in [2.75, 3.05) is 26.7 Å². The molecule has 31 heavy (non-hydrogen) atoms. The average molecular weight is 431 g/mol. The van der Waals surface area contributed by atoms with Gasteiger partial charge in [-0.2, -0.15) is 0 Å². The van der Waals surface area contributed by atoms with E-state index in [-0.39, 0.29) is 17.7 Å². The third-order valence-electron chi connectivity index (χ3n) is 5.98. The SMILES string of the molecule is COC(=O)c1c(C)[nH]c(C(=O)N2CCCC(C(=O)NCCc3c(C)noc3C)C2)c1C. The Morgan fingerprint density at radius 3 is 2.65 bits per heavy atom. The van der Waals surface area contributed by atoms with Crippen molar-refractivity contribution in [3.05, 3.63) is 39.5 Å². The van der Waals surface area contributed by atoms with E-state index in [0.29, 0.717) is 48.6 Å². The van der Waals surface area contributed by atoms with Crippen LogP contribution in [-0.4, -0.2) is 59.6 Å². The summed E-state index contributed by atoms with van der Waals surface area (Å²) in [5, 5.41) is 6.91. The van der Waals surface area contributed by atoms with Gasteiger partial charge in [-0.25, -0.2) is 4.79 Å². The first kappa shape index (κ1) is 22.6. The molecule has 2 N–H and O–H groups in total. The first-order valence-electron chi connectivity index (χ1n) is 10.5. The number of aromatic nitrogens is 2. The summed E-state index contributed by atoms with van der Waals surface area (Å²) >= 11 is 0. The number of aryl methyl sites for hydroxylation is 3. The third kappa shape index (κ3) is 4.65. The molecular weight excluding hydrogens is 400 g/mol. The lowest BCUT2D eigenvalue weighted by Gasteiger charge is -2.32. The van der Waals surface area contributed by atoms with Crippen LogP contribution in [0.15, 0.2) is 4.52 Å². The van der Waals surface area contributed by atoms with Crippen molar-refractivity contribution in [3.63, 3.8) is 0 Å². The van der Waals surface area contributed by atoms with E-state index in [1.807, 2.05) is 13.8 Å². The van der Waals surface area contributed by atoms with Gasteiger partial charge in [0.05, 0.1) is 24.3 Å². The van der Waals surface area contributed by atoms with Crippen molar-refractivity contribution < 1.29 is 23.6 Å². The van der Waals surface area contributed by atoms with Crippen molar-refractivity contribution in [1.82, 2.24) is 20.4 Å². The lowest BCUT2D eigenvalue weighted by atomic mass is 9.96. The predicted molar refractivity (Wildman–Crippen MR) is 113 cm³/mol. The zero-order valence-corrected chi connectivity index (χ0v) is 18.8. The van der Waals surface area contributed by atoms with Crippen LogP contribution in [0.4, 0.5) is 0 Å². The van der Waals surface area contributed by atoms with Gasteiger partial charge in [0.1, 0.15) is 11.5 Å². The van der Waals surface area contributed by atoms with Gasteiger partial charge in [0.15, 0.2) is 0 Å². The van der Waals surface area contributed by atoms with Crippen LogP contribution in [0.2, 0.25) is 0 Å². The molecule has 1 aliphatic rings. The quantitative estimate of drug-likeness (QED) is 0.679. The average Bonchev–Trinajstić information content (AvgIpc) is 3.24. The third-order valence-corrected chi connectivity index (χ3v) is 5.98. The van der Waals surface area contributed by atoms with Crippen molar-refractivity contribution in [2.24, 2.45) is 5.92 Å². The first-order chi connectivity index (χ1) is 14.7. The summed E-state index contributed by atoms with van der Waals surface area (Å²) < 4.78 is 9.97. The minimum Gasteiger partial charge on any atom is -0.465 e. The molecule has 0 aliphatic carbocycles. The fourth-order valence-electron chi connectivity index (χ4n) is 4.22. The smallest absolute Gasteiger partial charge is 0.339 e. The van der Waals surface area contributed by atoms with E-state index in [1.54, 1.807) is 18.7 Å². The Bertz CT molecular complexity index is 971. The van der Waals surface area contributed by atoms with Gasteiger partial charge < -0.3 is 24.5 Å². The Morgan fingerprint density at radius 2 is 2.00 bits per heavy atom. The molecule has 1 atom stereocenters. The molecule has 0 spiro atoms. The van der Waals surface area contributed by atoms with E-state index in [2.05, 4.69) is 15.5 Å². The van der Waals surface area contributed by atoms with Gasteiger partial charge in [0.25, 0.3) is 5.91 Å². The number of amides is 2. The molecule has 168 valence electrons. The summed E-state index contributed by atoms with van der Waals surface area (Å²) in [7, 11) is 1.31. The number of carbonyl (C=O) groups is 3. The summed E-state index contributed by atoms with van der Waals surface area (Å²) in [5.74, 6) is -0.231. The Balaban J connectivity index is 1.61. The number of hydrogen-bond acceptors (Lipinski definition) is 6. The number of piperidine rings is 1. The minimum atomic E-state index is -0.473. The van der Waals surface area contributed by atoms with Crippen LogP contribution in [0, 0.1) is 33.6 Å². The molecule has 2 aromatic rings. The van der Waals surface area contributed by atoms with Crippen LogP contribution < -0.4 is 5.32 Å². The van der Waals surface area contributed by atoms with Crippen LogP contribution in [0.25, 0.3) is 0 Å². The Kier molecular flexibility index (Phi) is 6.82. The van der Waals surface area contributed by atoms with E-state index >= 15 is 0 Å². The number of likely N-dealkylation sites (tertiary alicyclic amines) is 1. The maximum absolute atomic E-state index is 13.1. The molecule has 9 nitrogen and oxygen atoms in total. The molecule has 0 saturated carbocycles. The lowest BCUT2D eigenvalue weighted by Crippen LogP contribution is -2.46. The van der Waals surface area contributed by atoms with Crippen molar-refractivity contribution in [3.8, 4) is 0 Å². The summed E-state index contributed by atoms with van der Waals surface area (Å²) in [6.07, 6.45) is 2.13. The zero-order chi connectivity index (χ0) is 22.7. The largest absolute Gasteiger partial charge is 0.465 e. The summed E-state index contributed by atoms with van der Waals surface area (Å²) in [5.41, 5.74) is 3.77. The highest BCUT2D eigenvalue weighted by Gasteiger charge is 2.31. The second kappa shape index (κ2) is 9.36. The summed E-state index contributed by atoms with van der Waals surface area (Å²) in [6.45, 7) is 8.62. The van der Waals surface area contributed by atoms with E-state index in [0.717, 1.165) is 29.9 Å². The second-order valence-electron chi connectivity index (χ2n) is 8.05. The number of esters is 1. The molecule has 3 heterocycles. The highest BCUT2D eigenvalue weighted by molar-refractivity contribution is 6.00. The first-order valence-corrected chi connectivity index (χ1v) is 10.5. The van der Waals surface area contributed by atoms with Crippen molar-refractivity contribution in [2.45, 2.75) is 47.0 Å². The monoisotopic (exact) mass is 430 g/mol. The second-order valence-corrected chi connectivity index (χ2v) is 8.05. The molecule has 3 rings (SSSR count). The molecule has 1 aliphatic heterocycles. The molecule has 0 radical (unpaired) electrons. The topological polar surface area (TPSA) is 118 Å². The molecule has 0 bridgehead atoms. The van der Waals surface area contributed by atoms with E-state index in [1.165, 1.54) is 7.11 Å². The number of hydrogen-bond donors (Lipinski definition) is 2. The highest BCUT2D eigenvalue weighted by atomic mass is 16.5. The zero-order valence-electron chi connectivity index (χ0n) is 18.8. The number of aromatic amines is 1.